The third-order valence-corrected chi connectivity index (χ3v) is 2.40. The number of nitrogens with two attached hydrogens (primary N) is 1. The van der Waals surface area contributed by atoms with E-state index in [1.165, 1.54) is 11.3 Å². The summed E-state index contributed by atoms with van der Waals surface area (Å²) < 4.78 is 0. The van der Waals surface area contributed by atoms with E-state index in [1.807, 2.05) is 6.92 Å². The first-order chi connectivity index (χ1) is 6.13. The van der Waals surface area contributed by atoms with Crippen molar-refractivity contribution in [2.75, 3.05) is 5.32 Å². The summed E-state index contributed by atoms with van der Waals surface area (Å²) >= 11 is 1.37. The van der Waals surface area contributed by atoms with Crippen molar-refractivity contribution in [3.8, 4) is 0 Å². The zero-order valence-corrected chi connectivity index (χ0v) is 9.61. The van der Waals surface area contributed by atoms with E-state index in [2.05, 4.69) is 15.5 Å². The summed E-state index contributed by atoms with van der Waals surface area (Å²) in [5.74, 6) is -0.237. The van der Waals surface area contributed by atoms with E-state index in [-0.39, 0.29) is 18.3 Å². The van der Waals surface area contributed by atoms with Gasteiger partial charge in [0.2, 0.25) is 11.0 Å². The lowest BCUT2D eigenvalue weighted by molar-refractivity contribution is -0.117. The molecule has 14 heavy (non-hydrogen) atoms. The van der Waals surface area contributed by atoms with Gasteiger partial charge in [-0.3, -0.25) is 10.1 Å². The van der Waals surface area contributed by atoms with Crippen molar-refractivity contribution < 1.29 is 4.79 Å². The highest BCUT2D eigenvalue weighted by molar-refractivity contribution is 7.15. The average Bonchev–Trinajstić information content (AvgIpc) is 2.52. The van der Waals surface area contributed by atoms with Gasteiger partial charge in [0.05, 0.1) is 6.04 Å². The van der Waals surface area contributed by atoms with Crippen molar-refractivity contribution >= 4 is 34.8 Å². The van der Waals surface area contributed by atoms with Crippen molar-refractivity contribution in [1.29, 1.82) is 0 Å². The van der Waals surface area contributed by atoms with E-state index in [0.717, 1.165) is 11.4 Å². The number of amides is 1. The van der Waals surface area contributed by atoms with Crippen LogP contribution >= 0.6 is 23.7 Å². The smallest absolute Gasteiger partial charge is 0.242 e. The van der Waals surface area contributed by atoms with Crippen molar-refractivity contribution in [3.05, 3.63) is 5.01 Å². The van der Waals surface area contributed by atoms with Gasteiger partial charge in [0.1, 0.15) is 5.01 Å². The van der Waals surface area contributed by atoms with Crippen LogP contribution in [0.2, 0.25) is 0 Å². The predicted octanol–water partition coefficient (Wildman–Crippen LogP) is 0.808. The largest absolute Gasteiger partial charge is 0.320 e. The zero-order valence-electron chi connectivity index (χ0n) is 7.98. The predicted molar refractivity (Wildman–Crippen MR) is 58.8 cm³/mol. The Kier molecular flexibility index (Phi) is 5.59. The highest BCUT2D eigenvalue weighted by Crippen LogP contribution is 2.15. The normalized spacial score (nSPS) is 11.6. The van der Waals surface area contributed by atoms with Gasteiger partial charge in [0.25, 0.3) is 0 Å². The van der Waals surface area contributed by atoms with Crippen LogP contribution in [0.1, 0.15) is 18.9 Å². The molecule has 0 aliphatic carbocycles. The van der Waals surface area contributed by atoms with Crippen molar-refractivity contribution in [2.24, 2.45) is 5.73 Å². The molecule has 0 aliphatic heterocycles. The molecule has 0 saturated carbocycles. The molecule has 80 valence electrons. The summed E-state index contributed by atoms with van der Waals surface area (Å²) in [5, 5.41) is 11.6. The summed E-state index contributed by atoms with van der Waals surface area (Å²) in [6.45, 7) is 3.61. The van der Waals surface area contributed by atoms with Gasteiger partial charge in [0.15, 0.2) is 0 Å². The minimum atomic E-state index is -0.519. The van der Waals surface area contributed by atoms with Gasteiger partial charge >= 0.3 is 0 Å². The molecular formula is C7H13ClN4OS. The second-order valence-corrected chi connectivity index (χ2v) is 3.69. The van der Waals surface area contributed by atoms with Gasteiger partial charge in [-0.25, -0.2) is 0 Å². The molecule has 1 aromatic heterocycles. The molecule has 1 amide bonds. The number of carbonyl (C=O) groups is 1. The third-order valence-electron chi connectivity index (χ3n) is 1.41. The molecule has 0 unspecified atom stereocenters. The van der Waals surface area contributed by atoms with Crippen LogP contribution in [0.15, 0.2) is 0 Å². The quantitative estimate of drug-likeness (QED) is 0.814. The molecule has 0 aliphatic rings. The number of hydrogen-bond donors (Lipinski definition) is 2. The number of nitrogens with one attached hydrogen (secondary N) is 1. The van der Waals surface area contributed by atoms with E-state index in [4.69, 9.17) is 5.73 Å². The fourth-order valence-electron chi connectivity index (χ4n) is 0.666. The lowest BCUT2D eigenvalue weighted by atomic mass is 10.3. The van der Waals surface area contributed by atoms with Crippen LogP contribution in [-0.4, -0.2) is 22.1 Å². The SMILES string of the molecule is CCc1nnc(NC(=O)[C@H](C)N)s1.Cl. The summed E-state index contributed by atoms with van der Waals surface area (Å²) in [7, 11) is 0. The molecule has 0 bridgehead atoms. The van der Waals surface area contributed by atoms with Crippen LogP contribution < -0.4 is 11.1 Å². The van der Waals surface area contributed by atoms with Crippen LogP contribution in [0.4, 0.5) is 5.13 Å². The first kappa shape index (κ1) is 13.3. The number of aromatic nitrogens is 2. The van der Waals surface area contributed by atoms with E-state index < -0.39 is 6.04 Å². The van der Waals surface area contributed by atoms with Gasteiger partial charge in [-0.15, -0.1) is 22.6 Å². The lowest BCUT2D eigenvalue weighted by Gasteiger charge is -2.02. The maximum absolute atomic E-state index is 11.1. The number of anilines is 1. The zero-order chi connectivity index (χ0) is 9.84. The summed E-state index contributed by atoms with van der Waals surface area (Å²) in [6.07, 6.45) is 0.825. The second-order valence-electron chi connectivity index (χ2n) is 2.63. The molecule has 1 heterocycles. The number of hydrogen-bond acceptors (Lipinski definition) is 5. The van der Waals surface area contributed by atoms with Gasteiger partial charge in [-0.05, 0) is 13.3 Å². The molecule has 0 radical (unpaired) electrons. The first-order valence-electron chi connectivity index (χ1n) is 4.02. The fourth-order valence-corrected chi connectivity index (χ4v) is 1.35. The Hall–Kier alpha value is -0.720. The standard InChI is InChI=1S/C7H12N4OS.ClH/c1-3-5-10-11-7(13-5)9-6(12)4(2)8;/h4H,3,8H2,1-2H3,(H,9,11,12);1H/t4-;/m0./s1. The van der Waals surface area contributed by atoms with Gasteiger partial charge in [-0.2, -0.15) is 0 Å². The molecule has 1 atom stereocenters. The van der Waals surface area contributed by atoms with Crippen LogP contribution in [0.5, 0.6) is 0 Å². The Morgan fingerprint density at radius 3 is 2.71 bits per heavy atom. The average molecular weight is 237 g/mol. The Labute approximate surface area is 92.5 Å². The Bertz CT molecular complexity index is 302. The molecule has 1 rings (SSSR count). The summed E-state index contributed by atoms with van der Waals surface area (Å²) in [6, 6.07) is -0.519. The third kappa shape index (κ3) is 3.57. The van der Waals surface area contributed by atoms with Crippen LogP contribution in [0, 0.1) is 0 Å². The van der Waals surface area contributed by atoms with Gasteiger partial charge in [0, 0.05) is 0 Å². The lowest BCUT2D eigenvalue weighted by Crippen LogP contribution is -2.32. The Morgan fingerprint density at radius 1 is 1.64 bits per heavy atom. The van der Waals surface area contributed by atoms with Crippen molar-refractivity contribution in [3.63, 3.8) is 0 Å². The maximum Gasteiger partial charge on any atom is 0.242 e. The van der Waals surface area contributed by atoms with E-state index in [9.17, 15) is 4.79 Å². The highest BCUT2D eigenvalue weighted by Gasteiger charge is 2.10. The summed E-state index contributed by atoms with van der Waals surface area (Å²) in [4.78, 5) is 11.1. The number of rotatable bonds is 3. The summed E-state index contributed by atoms with van der Waals surface area (Å²) in [5.41, 5.74) is 5.37. The fraction of sp³-hybridized carbons (Fsp3) is 0.571. The Morgan fingerprint density at radius 2 is 2.29 bits per heavy atom. The van der Waals surface area contributed by atoms with Crippen LogP contribution in [-0.2, 0) is 11.2 Å². The molecule has 0 aromatic carbocycles. The number of nitrogens with zero attached hydrogens (tertiary/aromatic N) is 2. The topological polar surface area (TPSA) is 80.9 Å². The Balaban J connectivity index is 0.00000169. The highest BCUT2D eigenvalue weighted by atomic mass is 35.5. The molecule has 5 nitrogen and oxygen atoms in total. The van der Waals surface area contributed by atoms with Crippen LogP contribution in [0.3, 0.4) is 0 Å². The monoisotopic (exact) mass is 236 g/mol. The van der Waals surface area contributed by atoms with Crippen molar-refractivity contribution in [1.82, 2.24) is 10.2 Å². The second kappa shape index (κ2) is 5.90. The molecule has 0 saturated heterocycles. The number of aryl methyl sites for hydroxylation is 1. The molecule has 0 spiro atoms. The first-order valence-corrected chi connectivity index (χ1v) is 4.84. The molecule has 0 fully saturated rings. The number of carbonyl (C=O) groups excluding carboxylic acids is 1. The van der Waals surface area contributed by atoms with E-state index in [1.54, 1.807) is 6.92 Å². The molecule has 3 N–H and O–H groups in total. The van der Waals surface area contributed by atoms with Crippen LogP contribution in [0.25, 0.3) is 0 Å². The number of halogens is 1. The van der Waals surface area contributed by atoms with Gasteiger partial charge in [-0.1, -0.05) is 18.3 Å². The van der Waals surface area contributed by atoms with Crippen molar-refractivity contribution in [2.45, 2.75) is 26.3 Å². The van der Waals surface area contributed by atoms with E-state index >= 15 is 0 Å². The van der Waals surface area contributed by atoms with Gasteiger partial charge < -0.3 is 5.73 Å². The van der Waals surface area contributed by atoms with E-state index in [0.29, 0.717) is 5.13 Å². The molecular weight excluding hydrogens is 224 g/mol. The molecule has 7 heteroatoms. The minimum Gasteiger partial charge on any atom is -0.320 e. The minimum absolute atomic E-state index is 0. The molecule has 1 aromatic rings. The maximum atomic E-state index is 11.1.